The van der Waals surface area contributed by atoms with E-state index in [2.05, 4.69) is 11.8 Å². The maximum atomic E-state index is 8.99. The van der Waals surface area contributed by atoms with Crippen LogP contribution in [0.5, 0.6) is 0 Å². The van der Waals surface area contributed by atoms with E-state index in [1.165, 1.54) is 24.9 Å². The Bertz CT molecular complexity index is 339. The molecular formula is C12H18BNO2. The smallest absolute Gasteiger partial charge is 0.423 e. The molecular weight excluding hydrogens is 201 g/mol. The van der Waals surface area contributed by atoms with Gasteiger partial charge in [0.05, 0.1) is 0 Å². The summed E-state index contributed by atoms with van der Waals surface area (Å²) >= 11 is 0. The first-order chi connectivity index (χ1) is 7.66. The fraction of sp³-hybridized carbons (Fsp3) is 0.500. The van der Waals surface area contributed by atoms with E-state index >= 15 is 0 Å². The lowest BCUT2D eigenvalue weighted by molar-refractivity contribution is 0.260. The van der Waals surface area contributed by atoms with Crippen molar-refractivity contribution in [3.63, 3.8) is 0 Å². The van der Waals surface area contributed by atoms with Crippen molar-refractivity contribution in [2.75, 3.05) is 6.54 Å². The minimum absolute atomic E-state index is 0.554. The van der Waals surface area contributed by atoms with Gasteiger partial charge in [-0.1, -0.05) is 24.3 Å². The molecule has 0 radical (unpaired) electrons. The van der Waals surface area contributed by atoms with Gasteiger partial charge in [-0.15, -0.1) is 0 Å². The summed E-state index contributed by atoms with van der Waals surface area (Å²) in [7, 11) is -1.36. The molecule has 0 bridgehead atoms. The molecule has 4 heteroatoms. The average molecular weight is 219 g/mol. The van der Waals surface area contributed by atoms with E-state index in [-0.39, 0.29) is 0 Å². The van der Waals surface area contributed by atoms with Crippen molar-refractivity contribution in [1.82, 2.24) is 4.90 Å². The molecule has 1 aromatic carbocycles. The van der Waals surface area contributed by atoms with Crippen LogP contribution in [0, 0.1) is 0 Å². The zero-order valence-corrected chi connectivity index (χ0v) is 9.63. The monoisotopic (exact) mass is 219 g/mol. The zero-order valence-electron chi connectivity index (χ0n) is 9.63. The second-order valence-corrected chi connectivity index (χ2v) is 4.58. The van der Waals surface area contributed by atoms with E-state index in [0.717, 1.165) is 6.54 Å². The van der Waals surface area contributed by atoms with E-state index in [4.69, 9.17) is 10.0 Å². The molecule has 0 unspecified atom stereocenters. The van der Waals surface area contributed by atoms with Gasteiger partial charge >= 0.3 is 7.12 Å². The van der Waals surface area contributed by atoms with Crippen LogP contribution >= 0.6 is 0 Å². The highest BCUT2D eigenvalue weighted by atomic mass is 16.4. The zero-order chi connectivity index (χ0) is 11.5. The van der Waals surface area contributed by atoms with Crippen LogP contribution in [0.3, 0.4) is 0 Å². The summed E-state index contributed by atoms with van der Waals surface area (Å²) in [4.78, 5) is 2.46. The molecule has 1 atom stereocenters. The lowest BCUT2D eigenvalue weighted by Gasteiger charge is -2.20. The standard InChI is InChI=1S/C12H18BNO2/c1-10-3-2-8-14(10)9-11-4-6-12(7-5-11)13(15)16/h4-7,10,15-16H,2-3,8-9H2,1H3/t10-/m1/s1. The quantitative estimate of drug-likeness (QED) is 0.721. The molecule has 0 spiro atoms. The SMILES string of the molecule is C[C@@H]1CCCN1Cc1ccc(B(O)O)cc1. The van der Waals surface area contributed by atoms with Crippen LogP contribution in [0.4, 0.5) is 0 Å². The third-order valence-corrected chi connectivity index (χ3v) is 3.35. The Morgan fingerprint density at radius 2 is 2.00 bits per heavy atom. The fourth-order valence-electron chi connectivity index (χ4n) is 2.26. The summed E-state index contributed by atoms with van der Waals surface area (Å²) in [5, 5.41) is 18.0. The van der Waals surface area contributed by atoms with Gasteiger partial charge in [0.15, 0.2) is 0 Å². The summed E-state index contributed by atoms with van der Waals surface area (Å²) < 4.78 is 0. The summed E-state index contributed by atoms with van der Waals surface area (Å²) in [5.74, 6) is 0. The van der Waals surface area contributed by atoms with Crippen molar-refractivity contribution in [3.05, 3.63) is 29.8 Å². The number of likely N-dealkylation sites (tertiary alicyclic amines) is 1. The first-order valence-corrected chi connectivity index (χ1v) is 5.86. The van der Waals surface area contributed by atoms with Crippen molar-refractivity contribution in [1.29, 1.82) is 0 Å². The lowest BCUT2D eigenvalue weighted by atomic mass is 9.80. The van der Waals surface area contributed by atoms with Gasteiger partial charge in [0.1, 0.15) is 0 Å². The van der Waals surface area contributed by atoms with Crippen LogP contribution in [-0.2, 0) is 6.54 Å². The second kappa shape index (κ2) is 5.00. The highest BCUT2D eigenvalue weighted by Crippen LogP contribution is 2.18. The normalized spacial score (nSPS) is 21.3. The minimum atomic E-state index is -1.36. The van der Waals surface area contributed by atoms with E-state index in [0.29, 0.717) is 11.5 Å². The maximum Gasteiger partial charge on any atom is 0.488 e. The van der Waals surface area contributed by atoms with E-state index in [1.54, 1.807) is 12.1 Å². The Morgan fingerprint density at radius 1 is 1.31 bits per heavy atom. The van der Waals surface area contributed by atoms with Crippen LogP contribution in [0.1, 0.15) is 25.3 Å². The number of hydrogen-bond donors (Lipinski definition) is 2. The lowest BCUT2D eigenvalue weighted by Crippen LogP contribution is -2.30. The van der Waals surface area contributed by atoms with Gasteiger partial charge in [-0.3, -0.25) is 4.90 Å². The molecule has 1 aromatic rings. The fourth-order valence-corrected chi connectivity index (χ4v) is 2.26. The minimum Gasteiger partial charge on any atom is -0.423 e. The molecule has 1 saturated heterocycles. The highest BCUT2D eigenvalue weighted by molar-refractivity contribution is 6.58. The predicted octanol–water partition coefficient (Wildman–Crippen LogP) is 0.351. The first-order valence-electron chi connectivity index (χ1n) is 5.86. The Kier molecular flexibility index (Phi) is 3.64. The Balaban J connectivity index is 1.99. The molecule has 0 amide bonds. The van der Waals surface area contributed by atoms with Gasteiger partial charge in [-0.25, -0.2) is 0 Å². The molecule has 86 valence electrons. The van der Waals surface area contributed by atoms with Gasteiger partial charge < -0.3 is 10.0 Å². The van der Waals surface area contributed by atoms with Crippen LogP contribution in [-0.4, -0.2) is 34.7 Å². The van der Waals surface area contributed by atoms with Gasteiger partial charge in [0, 0.05) is 12.6 Å². The molecule has 0 saturated carbocycles. The summed E-state index contributed by atoms with van der Waals surface area (Å²) in [6, 6.07) is 8.17. The third kappa shape index (κ3) is 2.64. The maximum absolute atomic E-state index is 8.99. The number of nitrogens with zero attached hydrogens (tertiary/aromatic N) is 1. The van der Waals surface area contributed by atoms with E-state index in [1.807, 2.05) is 12.1 Å². The summed E-state index contributed by atoms with van der Waals surface area (Å²) in [6.07, 6.45) is 2.57. The van der Waals surface area contributed by atoms with Crippen molar-refractivity contribution in [3.8, 4) is 0 Å². The molecule has 16 heavy (non-hydrogen) atoms. The molecule has 1 fully saturated rings. The van der Waals surface area contributed by atoms with Gasteiger partial charge in [-0.05, 0) is 37.3 Å². The van der Waals surface area contributed by atoms with Gasteiger partial charge in [0.2, 0.25) is 0 Å². The second-order valence-electron chi connectivity index (χ2n) is 4.58. The van der Waals surface area contributed by atoms with Gasteiger partial charge in [0.25, 0.3) is 0 Å². The number of rotatable bonds is 3. The Morgan fingerprint density at radius 3 is 2.50 bits per heavy atom. The molecule has 2 N–H and O–H groups in total. The van der Waals surface area contributed by atoms with E-state index in [9.17, 15) is 0 Å². The number of hydrogen-bond acceptors (Lipinski definition) is 3. The number of benzene rings is 1. The molecule has 1 heterocycles. The first kappa shape index (κ1) is 11.6. The Hall–Kier alpha value is -0.835. The van der Waals surface area contributed by atoms with E-state index < -0.39 is 7.12 Å². The molecule has 1 aliphatic heterocycles. The van der Waals surface area contributed by atoms with Gasteiger partial charge in [-0.2, -0.15) is 0 Å². The van der Waals surface area contributed by atoms with Crippen LogP contribution in [0.15, 0.2) is 24.3 Å². The molecule has 3 nitrogen and oxygen atoms in total. The van der Waals surface area contributed by atoms with Crippen LogP contribution in [0.25, 0.3) is 0 Å². The predicted molar refractivity (Wildman–Crippen MR) is 65.4 cm³/mol. The molecule has 0 aliphatic carbocycles. The highest BCUT2D eigenvalue weighted by Gasteiger charge is 2.20. The molecule has 1 aliphatic rings. The molecule has 2 rings (SSSR count). The van der Waals surface area contributed by atoms with Crippen LogP contribution in [0.2, 0.25) is 0 Å². The molecule has 0 aromatic heterocycles. The summed E-state index contributed by atoms with van der Waals surface area (Å²) in [5.41, 5.74) is 1.79. The van der Waals surface area contributed by atoms with Crippen molar-refractivity contribution < 1.29 is 10.0 Å². The topological polar surface area (TPSA) is 43.7 Å². The summed E-state index contributed by atoms with van der Waals surface area (Å²) in [6.45, 7) is 4.40. The third-order valence-electron chi connectivity index (χ3n) is 3.35. The van der Waals surface area contributed by atoms with Crippen LogP contribution < -0.4 is 5.46 Å². The largest absolute Gasteiger partial charge is 0.488 e. The Labute approximate surface area is 96.9 Å². The van der Waals surface area contributed by atoms with Crippen molar-refractivity contribution >= 4 is 12.6 Å². The van der Waals surface area contributed by atoms with Crippen molar-refractivity contribution in [2.45, 2.75) is 32.4 Å². The van der Waals surface area contributed by atoms with Crippen molar-refractivity contribution in [2.24, 2.45) is 0 Å². The average Bonchev–Trinajstić information content (AvgIpc) is 2.65.